The molecule has 0 saturated carbocycles. The molecule has 4 nitrogen and oxygen atoms in total. The molecular weight excluding hydrogens is 250 g/mol. The fourth-order valence-corrected chi connectivity index (χ4v) is 1.82. The Hall–Kier alpha value is -2.10. The van der Waals surface area contributed by atoms with Gasteiger partial charge in [-0.05, 0) is 30.0 Å². The Morgan fingerprint density at radius 2 is 1.80 bits per heavy atom. The topological polar surface area (TPSA) is 47.0 Å². The second-order valence-corrected chi connectivity index (χ2v) is 5.65. The molecule has 0 spiro atoms. The van der Waals surface area contributed by atoms with E-state index in [9.17, 15) is 0 Å². The fourth-order valence-electron chi connectivity index (χ4n) is 1.82. The summed E-state index contributed by atoms with van der Waals surface area (Å²) in [7, 11) is 0. The minimum atomic E-state index is 0.145. The number of nitrogens with zero attached hydrogens (tertiary/aromatic N) is 2. The number of ether oxygens (including phenoxy) is 1. The highest BCUT2D eigenvalue weighted by Gasteiger charge is 2.13. The highest BCUT2D eigenvalue weighted by Crippen LogP contribution is 2.26. The van der Waals surface area contributed by atoms with Gasteiger partial charge in [0, 0.05) is 12.6 Å². The average molecular weight is 271 g/mol. The number of hydrogen-bond acceptors (Lipinski definition) is 4. The molecular formula is C16H21N3O. The van der Waals surface area contributed by atoms with Gasteiger partial charge in [0.05, 0.1) is 0 Å². The van der Waals surface area contributed by atoms with Gasteiger partial charge in [-0.25, -0.2) is 9.97 Å². The van der Waals surface area contributed by atoms with Gasteiger partial charge >= 0.3 is 0 Å². The maximum absolute atomic E-state index is 5.74. The third-order valence-electron chi connectivity index (χ3n) is 2.94. The normalized spacial score (nSPS) is 11.2. The zero-order valence-electron chi connectivity index (χ0n) is 12.5. The van der Waals surface area contributed by atoms with Crippen LogP contribution in [0.25, 0.3) is 0 Å². The molecule has 0 aliphatic carbocycles. The molecule has 0 aliphatic heterocycles. The lowest BCUT2D eigenvalue weighted by molar-refractivity contribution is 0.461. The van der Waals surface area contributed by atoms with Crippen LogP contribution in [0.5, 0.6) is 11.6 Å². The lowest BCUT2D eigenvalue weighted by Crippen LogP contribution is -2.10. The lowest BCUT2D eigenvalue weighted by Gasteiger charge is -2.19. The van der Waals surface area contributed by atoms with Gasteiger partial charge in [-0.1, -0.05) is 32.9 Å². The van der Waals surface area contributed by atoms with E-state index in [1.165, 1.54) is 11.9 Å². The Bertz CT molecular complexity index is 559. The average Bonchev–Trinajstić information content (AvgIpc) is 2.39. The quantitative estimate of drug-likeness (QED) is 0.913. The summed E-state index contributed by atoms with van der Waals surface area (Å²) < 4.78 is 5.74. The van der Waals surface area contributed by atoms with Gasteiger partial charge in [0.1, 0.15) is 17.9 Å². The first-order valence-electron chi connectivity index (χ1n) is 6.83. The molecule has 1 aromatic heterocycles. The molecule has 2 rings (SSSR count). The molecule has 4 heteroatoms. The van der Waals surface area contributed by atoms with Crippen molar-refractivity contribution in [2.24, 2.45) is 0 Å². The summed E-state index contributed by atoms with van der Waals surface area (Å²) in [6, 6.07) is 9.90. The molecule has 1 aromatic carbocycles. The summed E-state index contributed by atoms with van der Waals surface area (Å²) in [5, 5.41) is 3.13. The smallest absolute Gasteiger partial charge is 0.224 e. The van der Waals surface area contributed by atoms with Crippen LogP contribution in [0.15, 0.2) is 36.7 Å². The van der Waals surface area contributed by atoms with E-state index >= 15 is 0 Å². The molecule has 0 bridgehead atoms. The first kappa shape index (κ1) is 14.3. The van der Waals surface area contributed by atoms with Gasteiger partial charge in [-0.2, -0.15) is 0 Å². The molecule has 0 fully saturated rings. The minimum Gasteiger partial charge on any atom is -0.439 e. The highest BCUT2D eigenvalue weighted by atomic mass is 16.5. The summed E-state index contributed by atoms with van der Waals surface area (Å²) in [5.74, 6) is 2.09. The Morgan fingerprint density at radius 3 is 2.40 bits per heavy atom. The van der Waals surface area contributed by atoms with E-state index < -0.39 is 0 Å². The van der Waals surface area contributed by atoms with Crippen LogP contribution >= 0.6 is 0 Å². The van der Waals surface area contributed by atoms with Crippen molar-refractivity contribution < 1.29 is 4.74 Å². The van der Waals surface area contributed by atoms with Crippen molar-refractivity contribution in [3.63, 3.8) is 0 Å². The SMILES string of the molecule is CCNc1cc(Oc2ccc(C(C)(C)C)cc2)ncn1. The van der Waals surface area contributed by atoms with Gasteiger partial charge in [0.15, 0.2) is 0 Å². The zero-order chi connectivity index (χ0) is 14.6. The van der Waals surface area contributed by atoms with Crippen LogP contribution in [0, 0.1) is 0 Å². The molecule has 1 heterocycles. The van der Waals surface area contributed by atoms with E-state index in [-0.39, 0.29) is 5.41 Å². The van der Waals surface area contributed by atoms with E-state index in [0.717, 1.165) is 18.1 Å². The molecule has 20 heavy (non-hydrogen) atoms. The molecule has 0 unspecified atom stereocenters. The van der Waals surface area contributed by atoms with Crippen molar-refractivity contribution in [3.8, 4) is 11.6 Å². The van der Waals surface area contributed by atoms with Crippen molar-refractivity contribution >= 4 is 5.82 Å². The number of aromatic nitrogens is 2. The summed E-state index contributed by atoms with van der Waals surface area (Å²) in [6.07, 6.45) is 1.50. The van der Waals surface area contributed by atoms with Gasteiger partial charge in [-0.15, -0.1) is 0 Å². The minimum absolute atomic E-state index is 0.145. The molecule has 0 aliphatic rings. The monoisotopic (exact) mass is 271 g/mol. The van der Waals surface area contributed by atoms with E-state index in [1.54, 1.807) is 6.07 Å². The van der Waals surface area contributed by atoms with Crippen molar-refractivity contribution in [2.75, 3.05) is 11.9 Å². The fraction of sp³-hybridized carbons (Fsp3) is 0.375. The second-order valence-electron chi connectivity index (χ2n) is 5.65. The van der Waals surface area contributed by atoms with Crippen molar-refractivity contribution in [1.82, 2.24) is 9.97 Å². The summed E-state index contributed by atoms with van der Waals surface area (Å²) in [5.41, 5.74) is 1.42. The Morgan fingerprint density at radius 1 is 1.10 bits per heavy atom. The molecule has 0 saturated heterocycles. The molecule has 0 atom stereocenters. The first-order chi connectivity index (χ1) is 9.49. The summed E-state index contributed by atoms with van der Waals surface area (Å²) >= 11 is 0. The highest BCUT2D eigenvalue weighted by molar-refractivity contribution is 5.39. The van der Waals surface area contributed by atoms with Crippen LogP contribution in [0.3, 0.4) is 0 Å². The molecule has 0 amide bonds. The summed E-state index contributed by atoms with van der Waals surface area (Å²) in [6.45, 7) is 9.41. The van der Waals surface area contributed by atoms with Gasteiger partial charge < -0.3 is 10.1 Å². The number of benzene rings is 1. The molecule has 1 N–H and O–H groups in total. The van der Waals surface area contributed by atoms with E-state index in [1.807, 2.05) is 19.1 Å². The van der Waals surface area contributed by atoms with Crippen molar-refractivity contribution in [3.05, 3.63) is 42.2 Å². The number of rotatable bonds is 4. The summed E-state index contributed by atoms with van der Waals surface area (Å²) in [4.78, 5) is 8.23. The standard InChI is InChI=1S/C16H21N3O/c1-5-17-14-10-15(19-11-18-14)20-13-8-6-12(7-9-13)16(2,3)4/h6-11H,5H2,1-4H3,(H,17,18,19). The first-order valence-corrected chi connectivity index (χ1v) is 6.83. The van der Waals surface area contributed by atoms with Crippen LogP contribution in [-0.4, -0.2) is 16.5 Å². The van der Waals surface area contributed by atoms with E-state index in [0.29, 0.717) is 5.88 Å². The predicted octanol–water partition coefficient (Wildman–Crippen LogP) is 4.00. The van der Waals surface area contributed by atoms with Crippen LogP contribution in [-0.2, 0) is 5.41 Å². The number of hydrogen-bond donors (Lipinski definition) is 1. The van der Waals surface area contributed by atoms with Crippen LogP contribution in [0.2, 0.25) is 0 Å². The number of anilines is 1. The third kappa shape index (κ3) is 3.70. The maximum Gasteiger partial charge on any atom is 0.224 e. The van der Waals surface area contributed by atoms with Gasteiger partial charge in [0.25, 0.3) is 0 Å². The van der Waals surface area contributed by atoms with Crippen molar-refractivity contribution in [1.29, 1.82) is 0 Å². The van der Waals surface area contributed by atoms with Crippen LogP contribution in [0.1, 0.15) is 33.3 Å². The third-order valence-corrected chi connectivity index (χ3v) is 2.94. The second kappa shape index (κ2) is 5.90. The van der Waals surface area contributed by atoms with Crippen molar-refractivity contribution in [2.45, 2.75) is 33.1 Å². The Kier molecular flexibility index (Phi) is 4.23. The Labute approximate surface area is 120 Å². The number of nitrogens with one attached hydrogen (secondary N) is 1. The van der Waals surface area contributed by atoms with Crippen LogP contribution < -0.4 is 10.1 Å². The van der Waals surface area contributed by atoms with Gasteiger partial charge in [0.2, 0.25) is 5.88 Å². The van der Waals surface area contributed by atoms with E-state index in [4.69, 9.17) is 4.74 Å². The Balaban J connectivity index is 2.12. The molecule has 2 aromatic rings. The largest absolute Gasteiger partial charge is 0.439 e. The van der Waals surface area contributed by atoms with Crippen LogP contribution in [0.4, 0.5) is 5.82 Å². The predicted molar refractivity (Wildman–Crippen MR) is 81.4 cm³/mol. The molecule has 0 radical (unpaired) electrons. The van der Waals surface area contributed by atoms with E-state index in [2.05, 4.69) is 48.2 Å². The van der Waals surface area contributed by atoms with Gasteiger partial charge in [-0.3, -0.25) is 0 Å². The molecule has 106 valence electrons. The lowest BCUT2D eigenvalue weighted by atomic mass is 9.87. The maximum atomic E-state index is 5.74. The zero-order valence-corrected chi connectivity index (χ0v) is 12.5.